The molecular formula is C16H21N7O2. The molecule has 1 aliphatic heterocycles. The van der Waals surface area contributed by atoms with E-state index in [0.717, 1.165) is 35.4 Å². The van der Waals surface area contributed by atoms with Crippen LogP contribution in [0.1, 0.15) is 30.9 Å². The van der Waals surface area contributed by atoms with Gasteiger partial charge in [0.05, 0.1) is 17.9 Å². The van der Waals surface area contributed by atoms with Gasteiger partial charge in [-0.25, -0.2) is 9.48 Å². The minimum atomic E-state index is -0.287. The Morgan fingerprint density at radius 1 is 1.40 bits per heavy atom. The standard InChI is InChI=1S/C16H21N7O2/c1-4-12-6-14(25-20-12)8-17-16(24)19-15-7-13(5-10(2)11(15)3)23-9-18-21-22-23/h5,7,9,14H,4,6,8H2,1-3H3,(H2,17,19,24). The van der Waals surface area contributed by atoms with Crippen molar-refractivity contribution >= 4 is 17.4 Å². The number of anilines is 1. The molecule has 0 aliphatic carbocycles. The highest BCUT2D eigenvalue weighted by Gasteiger charge is 2.20. The Bertz CT molecular complexity index is 786. The molecule has 1 aromatic heterocycles. The quantitative estimate of drug-likeness (QED) is 0.863. The lowest BCUT2D eigenvalue weighted by atomic mass is 10.1. The van der Waals surface area contributed by atoms with Crippen LogP contribution in [0.5, 0.6) is 0 Å². The van der Waals surface area contributed by atoms with Gasteiger partial charge >= 0.3 is 6.03 Å². The summed E-state index contributed by atoms with van der Waals surface area (Å²) in [5.41, 5.74) is 4.53. The fraction of sp³-hybridized carbons (Fsp3) is 0.438. The Hall–Kier alpha value is -2.97. The molecule has 0 fully saturated rings. The SMILES string of the molecule is CCC1=NOC(CNC(=O)Nc2cc(-n3cnnn3)cc(C)c2C)C1. The Morgan fingerprint density at radius 2 is 2.24 bits per heavy atom. The van der Waals surface area contributed by atoms with Crippen molar-refractivity contribution in [1.29, 1.82) is 0 Å². The summed E-state index contributed by atoms with van der Waals surface area (Å²) in [6.45, 7) is 6.37. The molecule has 0 saturated heterocycles. The lowest BCUT2D eigenvalue weighted by Gasteiger charge is -2.15. The topological polar surface area (TPSA) is 106 Å². The second-order valence-corrected chi connectivity index (χ2v) is 5.97. The fourth-order valence-corrected chi connectivity index (χ4v) is 2.56. The molecule has 0 spiro atoms. The fourth-order valence-electron chi connectivity index (χ4n) is 2.56. The molecule has 1 unspecified atom stereocenters. The average Bonchev–Trinajstić information content (AvgIpc) is 3.28. The van der Waals surface area contributed by atoms with Gasteiger partial charge in [0.25, 0.3) is 0 Å². The summed E-state index contributed by atoms with van der Waals surface area (Å²) in [5, 5.41) is 20.8. The molecule has 1 atom stereocenters. The van der Waals surface area contributed by atoms with E-state index in [1.54, 1.807) is 4.68 Å². The van der Waals surface area contributed by atoms with Gasteiger partial charge in [-0.3, -0.25) is 0 Å². The second-order valence-electron chi connectivity index (χ2n) is 5.97. The number of benzene rings is 1. The summed E-state index contributed by atoms with van der Waals surface area (Å²) in [6, 6.07) is 3.51. The molecule has 2 N–H and O–H groups in total. The largest absolute Gasteiger partial charge is 0.390 e. The predicted molar refractivity (Wildman–Crippen MR) is 92.9 cm³/mol. The molecule has 9 heteroatoms. The lowest BCUT2D eigenvalue weighted by molar-refractivity contribution is 0.0870. The summed E-state index contributed by atoms with van der Waals surface area (Å²) >= 11 is 0. The summed E-state index contributed by atoms with van der Waals surface area (Å²) in [4.78, 5) is 17.5. The van der Waals surface area contributed by atoms with Crippen LogP contribution in [0, 0.1) is 13.8 Å². The van der Waals surface area contributed by atoms with Gasteiger partial charge in [-0.2, -0.15) is 0 Å². The summed E-state index contributed by atoms with van der Waals surface area (Å²) < 4.78 is 1.55. The number of hydrogen-bond donors (Lipinski definition) is 2. The molecular weight excluding hydrogens is 322 g/mol. The Labute approximate surface area is 145 Å². The number of aromatic nitrogens is 4. The zero-order chi connectivity index (χ0) is 17.8. The predicted octanol–water partition coefficient (Wildman–Crippen LogP) is 1.96. The molecule has 132 valence electrons. The van der Waals surface area contributed by atoms with E-state index in [1.165, 1.54) is 6.33 Å². The summed E-state index contributed by atoms with van der Waals surface area (Å²) in [6.07, 6.45) is 3.03. The minimum absolute atomic E-state index is 0.101. The Morgan fingerprint density at radius 3 is 2.92 bits per heavy atom. The van der Waals surface area contributed by atoms with E-state index < -0.39 is 0 Å². The van der Waals surface area contributed by atoms with Crippen LogP contribution in [0.25, 0.3) is 5.69 Å². The molecule has 0 saturated carbocycles. The van der Waals surface area contributed by atoms with Crippen LogP contribution in [0.4, 0.5) is 10.5 Å². The number of nitrogens with one attached hydrogen (secondary N) is 2. The third kappa shape index (κ3) is 3.93. The molecule has 25 heavy (non-hydrogen) atoms. The number of hydrogen-bond acceptors (Lipinski definition) is 6. The number of tetrazole rings is 1. The average molecular weight is 343 g/mol. The van der Waals surface area contributed by atoms with Crippen molar-refractivity contribution in [2.45, 2.75) is 39.7 Å². The van der Waals surface area contributed by atoms with E-state index in [4.69, 9.17) is 4.84 Å². The maximum absolute atomic E-state index is 12.2. The number of carbonyl (C=O) groups excluding carboxylic acids is 1. The van der Waals surface area contributed by atoms with Gasteiger partial charge in [0.15, 0.2) is 0 Å². The zero-order valence-corrected chi connectivity index (χ0v) is 14.5. The minimum Gasteiger partial charge on any atom is -0.390 e. The van der Waals surface area contributed by atoms with Gasteiger partial charge in [-0.1, -0.05) is 12.1 Å². The van der Waals surface area contributed by atoms with E-state index >= 15 is 0 Å². The van der Waals surface area contributed by atoms with E-state index in [1.807, 2.05) is 32.9 Å². The van der Waals surface area contributed by atoms with Crippen LogP contribution in [0.15, 0.2) is 23.6 Å². The first-order chi connectivity index (χ1) is 12.1. The normalized spacial score (nSPS) is 16.3. The van der Waals surface area contributed by atoms with Crippen molar-refractivity contribution in [1.82, 2.24) is 25.5 Å². The second kappa shape index (κ2) is 7.29. The van der Waals surface area contributed by atoms with Crippen LogP contribution >= 0.6 is 0 Å². The first-order valence-corrected chi connectivity index (χ1v) is 8.17. The Balaban J connectivity index is 1.63. The van der Waals surface area contributed by atoms with E-state index in [2.05, 4.69) is 31.3 Å². The van der Waals surface area contributed by atoms with Crippen molar-refractivity contribution < 1.29 is 9.63 Å². The molecule has 9 nitrogen and oxygen atoms in total. The molecule has 2 aromatic rings. The summed E-state index contributed by atoms with van der Waals surface area (Å²) in [7, 11) is 0. The number of oxime groups is 1. The Kier molecular flexibility index (Phi) is 4.92. The zero-order valence-electron chi connectivity index (χ0n) is 14.5. The van der Waals surface area contributed by atoms with Crippen LogP contribution in [0.2, 0.25) is 0 Å². The van der Waals surface area contributed by atoms with Gasteiger partial charge in [-0.05, 0) is 54.0 Å². The van der Waals surface area contributed by atoms with Crippen LogP contribution in [0.3, 0.4) is 0 Å². The van der Waals surface area contributed by atoms with Crippen LogP contribution in [-0.2, 0) is 4.84 Å². The number of carbonyl (C=O) groups is 1. The van der Waals surface area contributed by atoms with Gasteiger partial charge in [0.1, 0.15) is 12.4 Å². The third-order valence-corrected chi connectivity index (χ3v) is 4.21. The van der Waals surface area contributed by atoms with E-state index in [9.17, 15) is 4.79 Å². The van der Waals surface area contributed by atoms with Crippen molar-refractivity contribution in [3.05, 3.63) is 29.6 Å². The molecule has 1 aromatic carbocycles. The highest BCUT2D eigenvalue weighted by atomic mass is 16.6. The third-order valence-electron chi connectivity index (χ3n) is 4.21. The van der Waals surface area contributed by atoms with Gasteiger partial charge < -0.3 is 15.5 Å². The number of amides is 2. The van der Waals surface area contributed by atoms with Gasteiger partial charge in [0.2, 0.25) is 0 Å². The number of nitrogens with zero attached hydrogens (tertiary/aromatic N) is 5. The van der Waals surface area contributed by atoms with Gasteiger partial charge in [0, 0.05) is 12.1 Å². The molecule has 3 rings (SSSR count). The monoisotopic (exact) mass is 343 g/mol. The number of aryl methyl sites for hydroxylation is 1. The van der Waals surface area contributed by atoms with Crippen LogP contribution < -0.4 is 10.6 Å². The van der Waals surface area contributed by atoms with Crippen LogP contribution in [-0.4, -0.2) is 44.6 Å². The highest BCUT2D eigenvalue weighted by Crippen LogP contribution is 2.23. The number of rotatable bonds is 5. The molecule has 0 radical (unpaired) electrons. The van der Waals surface area contributed by atoms with E-state index in [0.29, 0.717) is 12.2 Å². The first kappa shape index (κ1) is 16.9. The maximum Gasteiger partial charge on any atom is 0.319 e. The number of urea groups is 1. The first-order valence-electron chi connectivity index (χ1n) is 8.17. The molecule has 2 heterocycles. The molecule has 1 aliphatic rings. The molecule has 0 bridgehead atoms. The maximum atomic E-state index is 12.2. The van der Waals surface area contributed by atoms with Crippen molar-refractivity contribution in [2.24, 2.45) is 5.16 Å². The van der Waals surface area contributed by atoms with Crippen molar-refractivity contribution in [2.75, 3.05) is 11.9 Å². The molecule has 2 amide bonds. The highest BCUT2D eigenvalue weighted by molar-refractivity contribution is 5.91. The summed E-state index contributed by atoms with van der Waals surface area (Å²) in [5.74, 6) is 0. The smallest absolute Gasteiger partial charge is 0.319 e. The van der Waals surface area contributed by atoms with Crippen molar-refractivity contribution in [3.8, 4) is 5.69 Å². The lowest BCUT2D eigenvalue weighted by Crippen LogP contribution is -2.35. The van der Waals surface area contributed by atoms with Gasteiger partial charge in [-0.15, -0.1) is 5.10 Å². The van der Waals surface area contributed by atoms with Crippen molar-refractivity contribution in [3.63, 3.8) is 0 Å². The van der Waals surface area contributed by atoms with E-state index in [-0.39, 0.29) is 12.1 Å².